The Kier molecular flexibility index (Phi) is 4.64. The first-order chi connectivity index (χ1) is 7.09. The molecule has 0 atom stereocenters. The highest BCUT2D eigenvalue weighted by Crippen LogP contribution is 2.21. The van der Waals surface area contributed by atoms with E-state index in [0.29, 0.717) is 5.69 Å². The van der Waals surface area contributed by atoms with Crippen LogP contribution in [0, 0.1) is 0 Å². The van der Waals surface area contributed by atoms with Gasteiger partial charge in [0.15, 0.2) is 0 Å². The molecule has 15 heavy (non-hydrogen) atoms. The molecule has 0 radical (unpaired) electrons. The number of nitrogens with two attached hydrogens (primary N) is 1. The fourth-order valence-electron chi connectivity index (χ4n) is 0.886. The summed E-state index contributed by atoms with van der Waals surface area (Å²) in [5.74, 6) is -0.234. The third-order valence-corrected chi connectivity index (χ3v) is 2.88. The highest BCUT2D eigenvalue weighted by atomic mass is 79.9. The third kappa shape index (κ3) is 4.35. The fraction of sp³-hybridized carbons (Fsp3) is 0.111. The van der Waals surface area contributed by atoms with Gasteiger partial charge in [-0.25, -0.2) is 0 Å². The van der Waals surface area contributed by atoms with Crippen LogP contribution in [0.1, 0.15) is 0 Å². The van der Waals surface area contributed by atoms with Crippen molar-refractivity contribution in [1.29, 1.82) is 0 Å². The molecule has 0 aliphatic heterocycles. The number of hydrogen-bond donors (Lipinski definition) is 2. The summed E-state index contributed by atoms with van der Waals surface area (Å²) in [6.45, 7) is 0. The molecule has 6 heteroatoms. The molecule has 1 aromatic carbocycles. The molecule has 0 fully saturated rings. The lowest BCUT2D eigenvalue weighted by Gasteiger charge is -2.05. The minimum atomic E-state index is -0.558. The number of para-hydroxylation sites is 1. The number of thioether (sulfide) groups is 1. The number of amides is 2. The van der Waals surface area contributed by atoms with Gasteiger partial charge in [0.2, 0.25) is 5.91 Å². The average Bonchev–Trinajstić information content (AvgIpc) is 2.18. The SMILES string of the molecule is NC(=O)SCC(=O)Nc1ccccc1Br. The van der Waals surface area contributed by atoms with Gasteiger partial charge >= 0.3 is 0 Å². The number of carbonyl (C=O) groups is 2. The molecule has 0 saturated heterocycles. The maximum Gasteiger partial charge on any atom is 0.276 e. The van der Waals surface area contributed by atoms with Gasteiger partial charge in [0, 0.05) is 4.47 Å². The number of benzene rings is 1. The Bertz CT molecular complexity index is 384. The van der Waals surface area contributed by atoms with Gasteiger partial charge in [-0.15, -0.1) is 0 Å². The van der Waals surface area contributed by atoms with Gasteiger partial charge in [-0.2, -0.15) is 0 Å². The van der Waals surface area contributed by atoms with Gasteiger partial charge in [0.1, 0.15) is 0 Å². The molecular formula is C9H9BrN2O2S. The summed E-state index contributed by atoms with van der Waals surface area (Å²) in [5.41, 5.74) is 5.57. The standard InChI is InChI=1S/C9H9BrN2O2S/c10-6-3-1-2-4-7(6)12-8(13)5-15-9(11)14/h1-4H,5H2,(H2,11,14)(H,12,13). The number of primary amides is 1. The largest absolute Gasteiger partial charge is 0.361 e. The lowest BCUT2D eigenvalue weighted by molar-refractivity contribution is -0.113. The van der Waals surface area contributed by atoms with Crippen LogP contribution in [0.15, 0.2) is 28.7 Å². The highest BCUT2D eigenvalue weighted by Gasteiger charge is 2.06. The first-order valence-corrected chi connectivity index (χ1v) is 5.84. The third-order valence-electron chi connectivity index (χ3n) is 1.49. The molecule has 0 unspecified atom stereocenters. The second-order valence-corrected chi connectivity index (χ2v) is 4.47. The topological polar surface area (TPSA) is 72.2 Å². The molecule has 4 nitrogen and oxygen atoms in total. The van der Waals surface area contributed by atoms with Gasteiger partial charge in [-0.1, -0.05) is 23.9 Å². The molecule has 0 aliphatic carbocycles. The van der Waals surface area contributed by atoms with Crippen LogP contribution in [0.3, 0.4) is 0 Å². The Morgan fingerprint density at radius 1 is 1.40 bits per heavy atom. The molecule has 1 aromatic rings. The monoisotopic (exact) mass is 288 g/mol. The Morgan fingerprint density at radius 3 is 2.67 bits per heavy atom. The molecular weight excluding hydrogens is 280 g/mol. The molecule has 0 aliphatic rings. The number of nitrogens with one attached hydrogen (secondary N) is 1. The summed E-state index contributed by atoms with van der Waals surface area (Å²) in [7, 11) is 0. The van der Waals surface area contributed by atoms with E-state index in [4.69, 9.17) is 5.73 Å². The summed E-state index contributed by atoms with van der Waals surface area (Å²) < 4.78 is 0.794. The number of carbonyl (C=O) groups excluding carboxylic acids is 2. The quantitative estimate of drug-likeness (QED) is 0.896. The average molecular weight is 289 g/mol. The number of rotatable bonds is 3. The minimum absolute atomic E-state index is 0.0245. The van der Waals surface area contributed by atoms with Crippen LogP contribution in [0.2, 0.25) is 0 Å². The summed E-state index contributed by atoms with van der Waals surface area (Å²) in [5, 5.41) is 2.09. The van der Waals surface area contributed by atoms with Crippen LogP contribution in [-0.4, -0.2) is 16.9 Å². The Morgan fingerprint density at radius 2 is 2.07 bits per heavy atom. The zero-order valence-corrected chi connectivity index (χ0v) is 10.1. The van der Waals surface area contributed by atoms with Gasteiger partial charge < -0.3 is 11.1 Å². The molecule has 0 spiro atoms. The maximum absolute atomic E-state index is 11.3. The summed E-state index contributed by atoms with van der Waals surface area (Å²) in [4.78, 5) is 21.7. The van der Waals surface area contributed by atoms with E-state index in [9.17, 15) is 9.59 Å². The first-order valence-electron chi connectivity index (χ1n) is 4.06. The zero-order chi connectivity index (χ0) is 11.3. The lowest BCUT2D eigenvalue weighted by atomic mass is 10.3. The van der Waals surface area contributed by atoms with Crippen LogP contribution < -0.4 is 11.1 Å². The van der Waals surface area contributed by atoms with Crippen molar-refractivity contribution in [3.63, 3.8) is 0 Å². The maximum atomic E-state index is 11.3. The fourth-order valence-corrected chi connectivity index (χ4v) is 1.61. The van der Waals surface area contributed by atoms with Gasteiger partial charge in [-0.3, -0.25) is 9.59 Å². The van der Waals surface area contributed by atoms with Crippen molar-refractivity contribution in [3.05, 3.63) is 28.7 Å². The normalized spacial score (nSPS) is 9.67. The van der Waals surface area contributed by atoms with E-state index >= 15 is 0 Å². The van der Waals surface area contributed by atoms with Crippen LogP contribution in [0.25, 0.3) is 0 Å². The van der Waals surface area contributed by atoms with E-state index < -0.39 is 5.24 Å². The van der Waals surface area contributed by atoms with Crippen molar-refractivity contribution in [2.45, 2.75) is 0 Å². The van der Waals surface area contributed by atoms with Crippen molar-refractivity contribution in [1.82, 2.24) is 0 Å². The molecule has 0 saturated carbocycles. The molecule has 0 bridgehead atoms. The minimum Gasteiger partial charge on any atom is -0.361 e. The van der Waals surface area contributed by atoms with Crippen molar-refractivity contribution in [3.8, 4) is 0 Å². The Balaban J connectivity index is 2.52. The van der Waals surface area contributed by atoms with E-state index in [1.54, 1.807) is 6.07 Å². The predicted octanol–water partition coefficient (Wildman–Crippen LogP) is 2.20. The predicted molar refractivity (Wildman–Crippen MR) is 64.8 cm³/mol. The summed E-state index contributed by atoms with van der Waals surface area (Å²) in [6.07, 6.45) is 0. The molecule has 3 N–H and O–H groups in total. The van der Waals surface area contributed by atoms with E-state index in [-0.39, 0.29) is 11.7 Å². The van der Waals surface area contributed by atoms with E-state index in [2.05, 4.69) is 21.2 Å². The van der Waals surface area contributed by atoms with E-state index in [1.807, 2.05) is 18.2 Å². The Labute approximate surface area is 99.7 Å². The summed E-state index contributed by atoms with van der Waals surface area (Å²) in [6, 6.07) is 7.23. The highest BCUT2D eigenvalue weighted by molar-refractivity contribution is 9.10. The van der Waals surface area contributed by atoms with Crippen LogP contribution >= 0.6 is 27.7 Å². The molecule has 0 aromatic heterocycles. The molecule has 1 rings (SSSR count). The van der Waals surface area contributed by atoms with Crippen molar-refractivity contribution < 1.29 is 9.59 Å². The second kappa shape index (κ2) is 5.77. The van der Waals surface area contributed by atoms with Crippen LogP contribution in [-0.2, 0) is 4.79 Å². The van der Waals surface area contributed by atoms with Gasteiger partial charge in [0.25, 0.3) is 5.24 Å². The van der Waals surface area contributed by atoms with Crippen LogP contribution in [0.4, 0.5) is 10.5 Å². The van der Waals surface area contributed by atoms with E-state index in [0.717, 1.165) is 16.2 Å². The Hall–Kier alpha value is -1.01. The second-order valence-electron chi connectivity index (χ2n) is 2.64. The smallest absolute Gasteiger partial charge is 0.276 e. The number of hydrogen-bond acceptors (Lipinski definition) is 3. The van der Waals surface area contributed by atoms with Crippen molar-refractivity contribution >= 4 is 44.5 Å². The van der Waals surface area contributed by atoms with E-state index in [1.165, 1.54) is 0 Å². The van der Waals surface area contributed by atoms with Crippen LogP contribution in [0.5, 0.6) is 0 Å². The van der Waals surface area contributed by atoms with Gasteiger partial charge in [-0.05, 0) is 28.1 Å². The van der Waals surface area contributed by atoms with Crippen molar-refractivity contribution in [2.24, 2.45) is 5.73 Å². The first kappa shape index (κ1) is 12.1. The zero-order valence-electron chi connectivity index (χ0n) is 7.70. The molecule has 80 valence electrons. The van der Waals surface area contributed by atoms with Gasteiger partial charge in [0.05, 0.1) is 11.4 Å². The lowest BCUT2D eigenvalue weighted by Crippen LogP contribution is -2.17. The number of halogens is 1. The van der Waals surface area contributed by atoms with Crippen molar-refractivity contribution in [2.75, 3.05) is 11.1 Å². The molecule has 2 amide bonds. The summed E-state index contributed by atoms with van der Waals surface area (Å²) >= 11 is 4.07. The molecule has 0 heterocycles. The number of anilines is 1.